The van der Waals surface area contributed by atoms with Crippen molar-refractivity contribution >= 4 is 0 Å². The lowest BCUT2D eigenvalue weighted by Crippen LogP contribution is -2.48. The van der Waals surface area contributed by atoms with E-state index in [0.29, 0.717) is 23.2 Å². The molecule has 168 valence electrons. The van der Waals surface area contributed by atoms with E-state index < -0.39 is 0 Å². The van der Waals surface area contributed by atoms with Crippen LogP contribution in [0.1, 0.15) is 36.8 Å². The fourth-order valence-corrected chi connectivity index (χ4v) is 4.95. The molecule has 1 heterocycles. The Hall–Kier alpha value is -2.44. The molecule has 6 heteroatoms. The first kappa shape index (κ1) is 21.8. The van der Waals surface area contributed by atoms with Crippen LogP contribution in [0.25, 0.3) is 0 Å². The zero-order chi connectivity index (χ0) is 21.8. The zero-order valence-corrected chi connectivity index (χ0v) is 18.7. The zero-order valence-electron chi connectivity index (χ0n) is 18.7. The maximum Gasteiger partial charge on any atom is 0.203 e. The summed E-state index contributed by atoms with van der Waals surface area (Å²) in [6, 6.07) is 12.4. The van der Waals surface area contributed by atoms with E-state index in [0.717, 1.165) is 56.6 Å². The van der Waals surface area contributed by atoms with Gasteiger partial charge in [0.05, 0.1) is 21.3 Å². The lowest BCUT2D eigenvalue weighted by Gasteiger charge is -2.41. The fraction of sp³-hybridized carbons (Fsp3) is 0.520. The van der Waals surface area contributed by atoms with Crippen molar-refractivity contribution in [3.8, 4) is 23.0 Å². The van der Waals surface area contributed by atoms with Crippen molar-refractivity contribution in [1.29, 1.82) is 0 Å². The summed E-state index contributed by atoms with van der Waals surface area (Å²) in [5, 5.41) is 9.59. The largest absolute Gasteiger partial charge is 0.493 e. The second kappa shape index (κ2) is 9.37. The number of rotatable bonds is 6. The van der Waals surface area contributed by atoms with Crippen LogP contribution in [0.2, 0.25) is 0 Å². The van der Waals surface area contributed by atoms with Crippen LogP contribution in [-0.2, 0) is 13.1 Å². The number of para-hydroxylation sites is 1. The van der Waals surface area contributed by atoms with Crippen molar-refractivity contribution in [2.24, 2.45) is 5.92 Å². The fourth-order valence-electron chi connectivity index (χ4n) is 4.95. The molecule has 0 amide bonds. The first-order chi connectivity index (χ1) is 15.1. The van der Waals surface area contributed by atoms with E-state index >= 15 is 0 Å². The van der Waals surface area contributed by atoms with Gasteiger partial charge in [0.25, 0.3) is 0 Å². The smallest absolute Gasteiger partial charge is 0.203 e. The molecule has 0 aromatic heterocycles. The Morgan fingerprint density at radius 3 is 2.32 bits per heavy atom. The van der Waals surface area contributed by atoms with Crippen LogP contribution in [0.4, 0.5) is 0 Å². The van der Waals surface area contributed by atoms with Gasteiger partial charge in [-0.15, -0.1) is 0 Å². The van der Waals surface area contributed by atoms with Crippen LogP contribution in [-0.4, -0.2) is 50.1 Å². The number of aliphatic hydroxyl groups is 1. The van der Waals surface area contributed by atoms with Gasteiger partial charge < -0.3 is 24.1 Å². The summed E-state index contributed by atoms with van der Waals surface area (Å²) in [4.78, 5) is 2.45. The Kier molecular flexibility index (Phi) is 6.58. The summed E-state index contributed by atoms with van der Waals surface area (Å²) in [6.07, 6.45) is 3.91. The molecular weight excluding hydrogens is 394 g/mol. The molecule has 1 aliphatic heterocycles. The molecule has 2 aliphatic rings. The van der Waals surface area contributed by atoms with E-state index in [1.165, 1.54) is 5.56 Å². The average molecular weight is 428 g/mol. The van der Waals surface area contributed by atoms with Crippen LogP contribution < -0.4 is 18.9 Å². The van der Waals surface area contributed by atoms with Gasteiger partial charge >= 0.3 is 0 Å². The Labute approximate surface area is 184 Å². The molecule has 4 rings (SSSR count). The number of aliphatic hydroxyl groups excluding tert-OH is 1. The van der Waals surface area contributed by atoms with E-state index in [2.05, 4.69) is 23.1 Å². The highest BCUT2D eigenvalue weighted by Crippen LogP contribution is 2.42. The quantitative estimate of drug-likeness (QED) is 0.751. The molecule has 2 aromatic rings. The normalized spacial score (nSPS) is 23.5. The molecule has 0 radical (unpaired) electrons. The van der Waals surface area contributed by atoms with Gasteiger partial charge in [0.2, 0.25) is 5.75 Å². The predicted octanol–water partition coefficient (Wildman–Crippen LogP) is 4.03. The SMILES string of the molecule is COc1cc(CN2Cc3ccccc3OC3(CCC(CO)CC3)C2)cc(OC)c1OC. The maximum atomic E-state index is 9.59. The van der Waals surface area contributed by atoms with E-state index in [9.17, 15) is 5.11 Å². The van der Waals surface area contributed by atoms with Gasteiger partial charge in [-0.05, 0) is 55.4 Å². The molecule has 1 spiro atoms. The van der Waals surface area contributed by atoms with Crippen LogP contribution in [0.5, 0.6) is 23.0 Å². The van der Waals surface area contributed by atoms with Crippen LogP contribution in [0.3, 0.4) is 0 Å². The number of ether oxygens (including phenoxy) is 4. The standard InChI is InChI=1S/C25H33NO5/c1-28-22-12-19(13-23(29-2)24(22)30-3)14-26-15-20-6-4-5-7-21(20)31-25(17-26)10-8-18(16-27)9-11-25/h4-7,12-13,18,27H,8-11,14-17H2,1-3H3. The summed E-state index contributed by atoms with van der Waals surface area (Å²) >= 11 is 0. The van der Waals surface area contributed by atoms with Crippen LogP contribution in [0.15, 0.2) is 36.4 Å². The Morgan fingerprint density at radius 1 is 1.03 bits per heavy atom. The van der Waals surface area contributed by atoms with Gasteiger partial charge in [0.15, 0.2) is 11.5 Å². The minimum atomic E-state index is -0.223. The minimum Gasteiger partial charge on any atom is -0.493 e. The number of hydrogen-bond acceptors (Lipinski definition) is 6. The molecule has 0 atom stereocenters. The molecule has 1 N–H and O–H groups in total. The average Bonchev–Trinajstić information content (AvgIpc) is 2.94. The first-order valence-corrected chi connectivity index (χ1v) is 11.0. The lowest BCUT2D eigenvalue weighted by atomic mass is 9.78. The van der Waals surface area contributed by atoms with E-state index in [-0.39, 0.29) is 12.2 Å². The summed E-state index contributed by atoms with van der Waals surface area (Å²) in [7, 11) is 4.91. The molecule has 1 fully saturated rings. The third-order valence-corrected chi connectivity index (χ3v) is 6.61. The van der Waals surface area contributed by atoms with Crippen molar-refractivity contribution in [1.82, 2.24) is 4.90 Å². The third kappa shape index (κ3) is 4.60. The molecule has 0 saturated heterocycles. The van der Waals surface area contributed by atoms with Crippen molar-refractivity contribution in [3.63, 3.8) is 0 Å². The van der Waals surface area contributed by atoms with Crippen LogP contribution in [0, 0.1) is 5.92 Å². The van der Waals surface area contributed by atoms with Crippen molar-refractivity contribution in [3.05, 3.63) is 47.5 Å². The van der Waals surface area contributed by atoms with Gasteiger partial charge in [-0.1, -0.05) is 18.2 Å². The molecule has 31 heavy (non-hydrogen) atoms. The maximum absolute atomic E-state index is 9.59. The number of methoxy groups -OCH3 is 3. The van der Waals surface area contributed by atoms with Crippen LogP contribution >= 0.6 is 0 Å². The summed E-state index contributed by atoms with van der Waals surface area (Å²) < 4.78 is 23.3. The second-order valence-corrected chi connectivity index (χ2v) is 8.70. The number of hydrogen-bond donors (Lipinski definition) is 1. The van der Waals surface area contributed by atoms with E-state index in [1.54, 1.807) is 21.3 Å². The molecule has 0 unspecified atom stereocenters. The Balaban J connectivity index is 1.63. The van der Waals surface area contributed by atoms with Gasteiger partial charge in [0, 0.05) is 31.8 Å². The number of benzene rings is 2. The Bertz CT molecular complexity index is 866. The highest BCUT2D eigenvalue weighted by atomic mass is 16.5. The molecule has 1 aliphatic carbocycles. The van der Waals surface area contributed by atoms with Crippen molar-refractivity contribution in [2.75, 3.05) is 34.5 Å². The number of fused-ring (bicyclic) bond motifs is 1. The monoisotopic (exact) mass is 427 g/mol. The van der Waals surface area contributed by atoms with Crippen molar-refractivity contribution < 1.29 is 24.1 Å². The predicted molar refractivity (Wildman–Crippen MR) is 119 cm³/mol. The molecular formula is C25H33NO5. The van der Waals surface area contributed by atoms with Crippen molar-refractivity contribution in [2.45, 2.75) is 44.4 Å². The number of nitrogens with zero attached hydrogens (tertiary/aromatic N) is 1. The molecule has 0 bridgehead atoms. The summed E-state index contributed by atoms with van der Waals surface area (Å²) in [5.41, 5.74) is 2.09. The lowest BCUT2D eigenvalue weighted by molar-refractivity contribution is -0.0154. The molecule has 6 nitrogen and oxygen atoms in total. The highest BCUT2D eigenvalue weighted by Gasteiger charge is 2.41. The molecule has 2 aromatic carbocycles. The van der Waals surface area contributed by atoms with E-state index in [4.69, 9.17) is 18.9 Å². The topological polar surface area (TPSA) is 60.4 Å². The van der Waals surface area contributed by atoms with Gasteiger partial charge in [-0.2, -0.15) is 0 Å². The van der Waals surface area contributed by atoms with Gasteiger partial charge in [-0.25, -0.2) is 0 Å². The Morgan fingerprint density at radius 2 is 1.71 bits per heavy atom. The summed E-state index contributed by atoms with van der Waals surface area (Å²) in [5.74, 6) is 3.31. The van der Waals surface area contributed by atoms with E-state index in [1.807, 2.05) is 18.2 Å². The molecule has 1 saturated carbocycles. The second-order valence-electron chi connectivity index (χ2n) is 8.70. The highest BCUT2D eigenvalue weighted by molar-refractivity contribution is 5.53. The van der Waals surface area contributed by atoms with Gasteiger partial charge in [0.1, 0.15) is 11.4 Å². The summed E-state index contributed by atoms with van der Waals surface area (Å²) in [6.45, 7) is 2.68. The van der Waals surface area contributed by atoms with Gasteiger partial charge in [-0.3, -0.25) is 4.90 Å². The minimum absolute atomic E-state index is 0.223. The first-order valence-electron chi connectivity index (χ1n) is 11.0. The third-order valence-electron chi connectivity index (χ3n) is 6.61.